The van der Waals surface area contributed by atoms with Crippen molar-refractivity contribution in [2.24, 2.45) is 0 Å². The lowest BCUT2D eigenvalue weighted by Crippen LogP contribution is -2.09. The Labute approximate surface area is 87.4 Å². The summed E-state index contributed by atoms with van der Waals surface area (Å²) in [5.74, 6) is -0.984. The van der Waals surface area contributed by atoms with Gasteiger partial charge in [-0.05, 0) is 6.07 Å². The summed E-state index contributed by atoms with van der Waals surface area (Å²) in [5.41, 5.74) is 0.329. The number of carboxylic acids is 1. The van der Waals surface area contributed by atoms with Gasteiger partial charge in [0.2, 0.25) is 0 Å². The molecule has 0 radical (unpaired) electrons. The third kappa shape index (κ3) is 3.99. The van der Waals surface area contributed by atoms with Crippen LogP contribution in [0.5, 0.6) is 5.75 Å². The lowest BCUT2D eigenvalue weighted by Gasteiger charge is -2.06. The fraction of sp³-hybridized carbons (Fsp3) is 0.222. The van der Waals surface area contributed by atoms with Crippen molar-refractivity contribution >= 4 is 16.1 Å². The minimum atomic E-state index is -3.63. The number of rotatable bonds is 4. The van der Waals surface area contributed by atoms with Crippen LogP contribution in [0.15, 0.2) is 24.3 Å². The molecule has 0 atom stereocenters. The second-order valence-electron chi connectivity index (χ2n) is 2.97. The van der Waals surface area contributed by atoms with Crippen LogP contribution in [0, 0.1) is 0 Å². The molecule has 1 N–H and O–H groups in total. The maximum Gasteiger partial charge on any atom is 0.307 e. The van der Waals surface area contributed by atoms with E-state index in [0.717, 1.165) is 6.26 Å². The number of carbonyl (C=O) groups is 1. The molecule has 0 unspecified atom stereocenters. The molecule has 5 nitrogen and oxygen atoms in total. The third-order valence-electron chi connectivity index (χ3n) is 1.56. The van der Waals surface area contributed by atoms with Crippen LogP contribution in [0.3, 0.4) is 0 Å². The Balaban J connectivity index is 3.01. The van der Waals surface area contributed by atoms with E-state index in [1.807, 2.05) is 0 Å². The van der Waals surface area contributed by atoms with Crippen molar-refractivity contribution in [2.45, 2.75) is 6.42 Å². The molecule has 1 rings (SSSR count). The van der Waals surface area contributed by atoms with E-state index in [-0.39, 0.29) is 12.2 Å². The molecule has 82 valence electrons. The smallest absolute Gasteiger partial charge is 0.307 e. The summed E-state index contributed by atoms with van der Waals surface area (Å²) in [6, 6.07) is 6.12. The van der Waals surface area contributed by atoms with Gasteiger partial charge in [-0.15, -0.1) is 0 Å². The van der Waals surface area contributed by atoms with E-state index in [2.05, 4.69) is 4.18 Å². The zero-order chi connectivity index (χ0) is 11.5. The summed E-state index contributed by atoms with van der Waals surface area (Å²) in [7, 11) is -3.63. The molecule has 1 aromatic rings. The van der Waals surface area contributed by atoms with Crippen molar-refractivity contribution in [3.05, 3.63) is 29.8 Å². The van der Waals surface area contributed by atoms with Gasteiger partial charge in [-0.1, -0.05) is 18.2 Å². The minimum absolute atomic E-state index is 0.0578. The lowest BCUT2D eigenvalue weighted by molar-refractivity contribution is -0.136. The minimum Gasteiger partial charge on any atom is -0.481 e. The molecule has 0 bridgehead atoms. The summed E-state index contributed by atoms with van der Waals surface area (Å²) >= 11 is 0. The maximum atomic E-state index is 10.9. The average Bonchev–Trinajstić information content (AvgIpc) is 2.05. The van der Waals surface area contributed by atoms with Crippen molar-refractivity contribution in [3.8, 4) is 5.75 Å². The first kappa shape index (κ1) is 11.5. The van der Waals surface area contributed by atoms with E-state index in [4.69, 9.17) is 5.11 Å². The summed E-state index contributed by atoms with van der Waals surface area (Å²) in [6.07, 6.45) is 0.635. The van der Waals surface area contributed by atoms with Crippen LogP contribution in [0.1, 0.15) is 5.56 Å². The van der Waals surface area contributed by atoms with Gasteiger partial charge in [0.25, 0.3) is 0 Å². The molecule has 0 aliphatic rings. The van der Waals surface area contributed by atoms with E-state index in [1.54, 1.807) is 12.1 Å². The highest BCUT2D eigenvalue weighted by molar-refractivity contribution is 7.86. The highest BCUT2D eigenvalue weighted by Gasteiger charge is 2.11. The molecular weight excluding hydrogens is 220 g/mol. The maximum absolute atomic E-state index is 10.9. The molecule has 15 heavy (non-hydrogen) atoms. The predicted molar refractivity (Wildman–Crippen MR) is 53.3 cm³/mol. The quantitative estimate of drug-likeness (QED) is 0.768. The lowest BCUT2D eigenvalue weighted by atomic mass is 10.1. The number of carboxylic acid groups (broad SMARTS) is 1. The van der Waals surface area contributed by atoms with Gasteiger partial charge < -0.3 is 9.29 Å². The van der Waals surface area contributed by atoms with Crippen molar-refractivity contribution < 1.29 is 22.5 Å². The highest BCUT2D eigenvalue weighted by atomic mass is 32.2. The first-order valence-corrected chi connectivity index (χ1v) is 5.89. The standard InChI is InChI=1S/C9H10O5S/c1-15(12,13)14-8-5-3-2-4-7(8)6-9(10)11/h2-5H,6H2,1H3,(H,10,11). The molecule has 0 fully saturated rings. The van der Waals surface area contributed by atoms with Crippen molar-refractivity contribution in [3.63, 3.8) is 0 Å². The van der Waals surface area contributed by atoms with Gasteiger partial charge in [-0.2, -0.15) is 8.42 Å². The molecule has 0 heterocycles. The van der Waals surface area contributed by atoms with Crippen LogP contribution in [-0.4, -0.2) is 25.7 Å². The monoisotopic (exact) mass is 230 g/mol. The molecule has 0 amide bonds. The molecular formula is C9H10O5S. The Bertz CT molecular complexity index is 463. The number of para-hydroxylation sites is 1. The molecule has 1 aromatic carbocycles. The van der Waals surface area contributed by atoms with Crippen LogP contribution >= 0.6 is 0 Å². The van der Waals surface area contributed by atoms with Gasteiger partial charge in [0.1, 0.15) is 5.75 Å². The Morgan fingerprint density at radius 1 is 1.40 bits per heavy atom. The zero-order valence-electron chi connectivity index (χ0n) is 8.00. The van der Waals surface area contributed by atoms with E-state index >= 15 is 0 Å². The summed E-state index contributed by atoms with van der Waals surface area (Å²) < 4.78 is 26.4. The Morgan fingerprint density at radius 3 is 2.53 bits per heavy atom. The topological polar surface area (TPSA) is 80.7 Å². The van der Waals surface area contributed by atoms with E-state index in [1.165, 1.54) is 12.1 Å². The van der Waals surface area contributed by atoms with Gasteiger partial charge in [0.15, 0.2) is 0 Å². The Kier molecular flexibility index (Phi) is 3.31. The second-order valence-corrected chi connectivity index (χ2v) is 4.54. The van der Waals surface area contributed by atoms with Gasteiger partial charge in [-0.3, -0.25) is 4.79 Å². The number of hydrogen-bond acceptors (Lipinski definition) is 4. The molecule has 0 aliphatic heterocycles. The second kappa shape index (κ2) is 4.31. The van der Waals surface area contributed by atoms with Crippen molar-refractivity contribution in [1.29, 1.82) is 0 Å². The van der Waals surface area contributed by atoms with Gasteiger partial charge in [-0.25, -0.2) is 0 Å². The summed E-state index contributed by atoms with van der Waals surface area (Å²) in [5, 5.41) is 8.58. The summed E-state index contributed by atoms with van der Waals surface area (Å²) in [4.78, 5) is 10.5. The predicted octanol–water partition coefficient (Wildman–Crippen LogP) is 0.652. The van der Waals surface area contributed by atoms with Crippen LogP contribution in [0.25, 0.3) is 0 Å². The largest absolute Gasteiger partial charge is 0.481 e. The molecule has 0 saturated heterocycles. The van der Waals surface area contributed by atoms with Gasteiger partial charge in [0.05, 0.1) is 12.7 Å². The SMILES string of the molecule is CS(=O)(=O)Oc1ccccc1CC(=O)O. The van der Waals surface area contributed by atoms with Gasteiger partial charge in [0, 0.05) is 5.56 Å². The fourth-order valence-electron chi connectivity index (χ4n) is 1.06. The van der Waals surface area contributed by atoms with Crippen molar-refractivity contribution in [2.75, 3.05) is 6.26 Å². The normalized spacial score (nSPS) is 11.0. The molecule has 0 aromatic heterocycles. The van der Waals surface area contributed by atoms with Crippen LogP contribution < -0.4 is 4.18 Å². The average molecular weight is 230 g/mol. The van der Waals surface area contributed by atoms with E-state index in [0.29, 0.717) is 5.56 Å². The molecule has 6 heteroatoms. The highest BCUT2D eigenvalue weighted by Crippen LogP contribution is 2.19. The van der Waals surface area contributed by atoms with Crippen LogP contribution in [0.2, 0.25) is 0 Å². The third-order valence-corrected chi connectivity index (χ3v) is 2.04. The van der Waals surface area contributed by atoms with E-state index < -0.39 is 16.1 Å². The van der Waals surface area contributed by atoms with E-state index in [9.17, 15) is 13.2 Å². The first-order chi connectivity index (χ1) is 6.88. The Hall–Kier alpha value is -1.56. The van der Waals surface area contributed by atoms with Gasteiger partial charge >= 0.3 is 16.1 Å². The number of hydrogen-bond donors (Lipinski definition) is 1. The molecule has 0 spiro atoms. The zero-order valence-corrected chi connectivity index (χ0v) is 8.82. The summed E-state index contributed by atoms with van der Waals surface area (Å²) in [6.45, 7) is 0. The van der Waals surface area contributed by atoms with Crippen LogP contribution in [-0.2, 0) is 21.3 Å². The number of benzene rings is 1. The molecule has 0 saturated carbocycles. The number of aliphatic carboxylic acids is 1. The Morgan fingerprint density at radius 2 is 2.00 bits per heavy atom. The fourth-order valence-corrected chi connectivity index (χ4v) is 1.55. The molecule has 0 aliphatic carbocycles. The van der Waals surface area contributed by atoms with Crippen molar-refractivity contribution in [1.82, 2.24) is 0 Å². The first-order valence-electron chi connectivity index (χ1n) is 4.07. The van der Waals surface area contributed by atoms with Crippen LogP contribution in [0.4, 0.5) is 0 Å².